The molecule has 3 rings (SSSR count). The van der Waals surface area contributed by atoms with Crippen LogP contribution in [0.3, 0.4) is 0 Å². The smallest absolute Gasteiger partial charge is 0.338 e. The van der Waals surface area contributed by atoms with E-state index >= 15 is 0 Å². The lowest BCUT2D eigenvalue weighted by Gasteiger charge is -2.03. The summed E-state index contributed by atoms with van der Waals surface area (Å²) < 4.78 is 15.1. The number of pyridine rings is 1. The molecule has 0 saturated heterocycles. The molecule has 0 aliphatic carbocycles. The lowest BCUT2D eigenvalue weighted by Crippen LogP contribution is -2.02. The Morgan fingerprint density at radius 2 is 1.91 bits per heavy atom. The third-order valence-corrected chi connectivity index (χ3v) is 2.94. The van der Waals surface area contributed by atoms with Gasteiger partial charge in [0, 0.05) is 35.9 Å². The fourth-order valence-electron chi connectivity index (χ4n) is 1.83. The predicted molar refractivity (Wildman–Crippen MR) is 74.7 cm³/mol. The zero-order chi connectivity index (χ0) is 16.4. The summed E-state index contributed by atoms with van der Waals surface area (Å²) in [6.07, 6.45) is 6.82. The highest BCUT2D eigenvalue weighted by atomic mass is 19.1. The van der Waals surface area contributed by atoms with Gasteiger partial charge >= 0.3 is 5.97 Å². The van der Waals surface area contributed by atoms with Crippen LogP contribution in [0.15, 0.2) is 37.1 Å². The Morgan fingerprint density at radius 3 is 2.48 bits per heavy atom. The molecule has 0 amide bonds. The van der Waals surface area contributed by atoms with Gasteiger partial charge in [0.05, 0.1) is 11.8 Å². The quantitative estimate of drug-likeness (QED) is 0.724. The topological polar surface area (TPSA) is 111 Å². The molecule has 3 heterocycles. The van der Waals surface area contributed by atoms with Gasteiger partial charge in [0.15, 0.2) is 6.29 Å². The summed E-state index contributed by atoms with van der Waals surface area (Å²) in [6.45, 7) is 0. The van der Waals surface area contributed by atoms with Gasteiger partial charge in [-0.2, -0.15) is 5.10 Å². The van der Waals surface area contributed by atoms with Gasteiger partial charge in [-0.15, -0.1) is 0 Å². The van der Waals surface area contributed by atoms with Crippen LogP contribution in [0.2, 0.25) is 0 Å². The van der Waals surface area contributed by atoms with E-state index in [2.05, 4.69) is 20.1 Å². The first-order valence-corrected chi connectivity index (χ1v) is 6.30. The highest BCUT2D eigenvalue weighted by Crippen LogP contribution is 2.19. The van der Waals surface area contributed by atoms with Crippen molar-refractivity contribution in [2.75, 3.05) is 0 Å². The molecule has 0 unspecified atom stereocenters. The predicted octanol–water partition coefficient (Wildman–Crippen LogP) is 1.37. The van der Waals surface area contributed by atoms with Crippen molar-refractivity contribution < 1.29 is 19.1 Å². The SMILES string of the molecule is O=Cc1cnc(-c2cnc(-n3cc(C(=O)O)cn3)nc2)c(F)c1. The Bertz CT molecular complexity index is 892. The van der Waals surface area contributed by atoms with Crippen LogP contribution in [0.4, 0.5) is 4.39 Å². The number of rotatable bonds is 4. The van der Waals surface area contributed by atoms with Gasteiger partial charge in [0.2, 0.25) is 5.95 Å². The molecular weight excluding hydrogens is 305 g/mol. The first kappa shape index (κ1) is 14.4. The molecular formula is C14H8FN5O3. The van der Waals surface area contributed by atoms with E-state index in [1.54, 1.807) is 0 Å². The molecule has 0 atom stereocenters. The molecule has 8 nitrogen and oxygen atoms in total. The zero-order valence-electron chi connectivity index (χ0n) is 11.4. The molecule has 0 radical (unpaired) electrons. The van der Waals surface area contributed by atoms with Crippen LogP contribution in [-0.4, -0.2) is 42.1 Å². The minimum Gasteiger partial charge on any atom is -0.478 e. The van der Waals surface area contributed by atoms with Crippen molar-refractivity contribution in [3.63, 3.8) is 0 Å². The number of hydrogen-bond acceptors (Lipinski definition) is 6. The van der Waals surface area contributed by atoms with Crippen LogP contribution < -0.4 is 0 Å². The average molecular weight is 313 g/mol. The number of hydrogen-bond donors (Lipinski definition) is 1. The molecule has 0 fully saturated rings. The fourth-order valence-corrected chi connectivity index (χ4v) is 1.83. The van der Waals surface area contributed by atoms with E-state index in [1.807, 2.05) is 0 Å². The lowest BCUT2D eigenvalue weighted by atomic mass is 10.2. The molecule has 23 heavy (non-hydrogen) atoms. The first-order valence-electron chi connectivity index (χ1n) is 6.30. The van der Waals surface area contributed by atoms with Gasteiger partial charge in [-0.3, -0.25) is 9.78 Å². The van der Waals surface area contributed by atoms with Crippen LogP contribution in [-0.2, 0) is 0 Å². The van der Waals surface area contributed by atoms with Crippen LogP contribution in [0.5, 0.6) is 0 Å². The van der Waals surface area contributed by atoms with Crippen molar-refractivity contribution in [1.82, 2.24) is 24.7 Å². The number of aromatic carboxylic acids is 1. The Balaban J connectivity index is 1.92. The zero-order valence-corrected chi connectivity index (χ0v) is 11.4. The van der Waals surface area contributed by atoms with Gasteiger partial charge < -0.3 is 5.11 Å². The third kappa shape index (κ3) is 2.79. The third-order valence-electron chi connectivity index (χ3n) is 2.94. The molecule has 3 aromatic rings. The molecule has 9 heteroatoms. The van der Waals surface area contributed by atoms with E-state index in [-0.39, 0.29) is 22.8 Å². The maximum absolute atomic E-state index is 13.9. The maximum atomic E-state index is 13.9. The molecule has 114 valence electrons. The second-order valence-corrected chi connectivity index (χ2v) is 4.47. The van der Waals surface area contributed by atoms with Crippen LogP contribution >= 0.6 is 0 Å². The monoisotopic (exact) mass is 313 g/mol. The van der Waals surface area contributed by atoms with Crippen molar-refractivity contribution >= 4 is 12.3 Å². The summed E-state index contributed by atoms with van der Waals surface area (Å²) >= 11 is 0. The number of nitrogens with zero attached hydrogens (tertiary/aromatic N) is 5. The summed E-state index contributed by atoms with van der Waals surface area (Å²) in [5.41, 5.74) is 0.444. The van der Waals surface area contributed by atoms with E-state index in [4.69, 9.17) is 5.11 Å². The minimum atomic E-state index is -1.12. The number of carboxylic acid groups (broad SMARTS) is 1. The molecule has 3 aromatic heterocycles. The summed E-state index contributed by atoms with van der Waals surface area (Å²) in [4.78, 5) is 33.2. The summed E-state index contributed by atoms with van der Waals surface area (Å²) in [5.74, 6) is -1.65. The van der Waals surface area contributed by atoms with Crippen molar-refractivity contribution in [2.24, 2.45) is 0 Å². The van der Waals surface area contributed by atoms with E-state index in [9.17, 15) is 14.0 Å². The van der Waals surface area contributed by atoms with E-state index < -0.39 is 11.8 Å². The molecule has 0 aliphatic rings. The number of carboxylic acids is 1. The van der Waals surface area contributed by atoms with Crippen molar-refractivity contribution in [3.8, 4) is 17.2 Å². The Morgan fingerprint density at radius 1 is 1.17 bits per heavy atom. The van der Waals surface area contributed by atoms with Crippen LogP contribution in [0.25, 0.3) is 17.2 Å². The number of aromatic nitrogens is 5. The van der Waals surface area contributed by atoms with Gasteiger partial charge in [0.25, 0.3) is 0 Å². The molecule has 0 spiro atoms. The van der Waals surface area contributed by atoms with E-state index in [0.29, 0.717) is 11.8 Å². The maximum Gasteiger partial charge on any atom is 0.338 e. The van der Waals surface area contributed by atoms with E-state index in [1.165, 1.54) is 35.7 Å². The second kappa shape index (κ2) is 5.72. The number of aldehydes is 1. The van der Waals surface area contributed by atoms with E-state index in [0.717, 1.165) is 6.07 Å². The van der Waals surface area contributed by atoms with Crippen molar-refractivity contribution in [2.45, 2.75) is 0 Å². The van der Waals surface area contributed by atoms with Crippen molar-refractivity contribution in [1.29, 1.82) is 0 Å². The molecule has 0 saturated carbocycles. The first-order chi connectivity index (χ1) is 11.1. The minimum absolute atomic E-state index is 0.00478. The van der Waals surface area contributed by atoms with Crippen LogP contribution in [0.1, 0.15) is 20.7 Å². The standard InChI is InChI=1S/C14H8FN5O3/c15-11-1-8(7-21)2-16-12(11)9-3-17-14(18-4-9)20-6-10(5-19-20)13(22)23/h1-7H,(H,22,23). The Kier molecular flexibility index (Phi) is 3.59. The summed E-state index contributed by atoms with van der Waals surface area (Å²) in [6, 6.07) is 1.07. The molecule has 1 N–H and O–H groups in total. The number of carbonyl (C=O) groups excluding carboxylic acids is 1. The highest BCUT2D eigenvalue weighted by molar-refractivity contribution is 5.86. The molecule has 0 aliphatic heterocycles. The highest BCUT2D eigenvalue weighted by Gasteiger charge is 2.11. The number of halogens is 1. The van der Waals surface area contributed by atoms with Gasteiger partial charge in [-0.25, -0.2) is 23.8 Å². The normalized spacial score (nSPS) is 10.5. The van der Waals surface area contributed by atoms with Gasteiger partial charge in [-0.1, -0.05) is 0 Å². The fraction of sp³-hybridized carbons (Fsp3) is 0. The van der Waals surface area contributed by atoms with Crippen molar-refractivity contribution in [3.05, 3.63) is 54.0 Å². The molecule has 0 aromatic carbocycles. The average Bonchev–Trinajstić information content (AvgIpc) is 3.05. The van der Waals surface area contributed by atoms with Gasteiger partial charge in [0.1, 0.15) is 11.5 Å². The van der Waals surface area contributed by atoms with Crippen LogP contribution in [0, 0.1) is 5.82 Å². The number of carbonyl (C=O) groups is 2. The largest absolute Gasteiger partial charge is 0.478 e. The summed E-state index contributed by atoms with van der Waals surface area (Å²) in [7, 11) is 0. The van der Waals surface area contributed by atoms with Gasteiger partial charge in [-0.05, 0) is 6.07 Å². The summed E-state index contributed by atoms with van der Waals surface area (Å²) in [5, 5.41) is 12.7. The Labute approximate surface area is 128 Å². The Hall–Kier alpha value is -3.49. The molecule has 0 bridgehead atoms. The lowest BCUT2D eigenvalue weighted by molar-refractivity contribution is 0.0696. The second-order valence-electron chi connectivity index (χ2n) is 4.47.